The first kappa shape index (κ1) is 22.1. The average Bonchev–Trinajstić information content (AvgIpc) is 2.78. The van der Waals surface area contributed by atoms with Crippen molar-refractivity contribution >= 4 is 21.6 Å². The molecule has 1 atom stereocenters. The molecular formula is C22H28N2O5S. The van der Waals surface area contributed by atoms with E-state index in [0.29, 0.717) is 29.3 Å². The van der Waals surface area contributed by atoms with Gasteiger partial charge >= 0.3 is 0 Å². The molecule has 1 fully saturated rings. The van der Waals surface area contributed by atoms with Crippen LogP contribution < -0.4 is 14.8 Å². The molecule has 1 heterocycles. The summed E-state index contributed by atoms with van der Waals surface area (Å²) in [5.74, 6) is 0.672. The highest BCUT2D eigenvalue weighted by atomic mass is 32.2. The number of carbonyl (C=O) groups is 1. The lowest BCUT2D eigenvalue weighted by atomic mass is 10.0. The maximum atomic E-state index is 13.1. The number of sulfonamides is 1. The summed E-state index contributed by atoms with van der Waals surface area (Å²) < 4.78 is 38.1. The molecular weight excluding hydrogens is 404 g/mol. The van der Waals surface area contributed by atoms with Gasteiger partial charge in [-0.05, 0) is 55.7 Å². The van der Waals surface area contributed by atoms with Gasteiger partial charge in [-0.15, -0.1) is 0 Å². The van der Waals surface area contributed by atoms with E-state index in [4.69, 9.17) is 9.47 Å². The number of nitrogens with one attached hydrogen (secondary N) is 1. The van der Waals surface area contributed by atoms with Gasteiger partial charge in [0.15, 0.2) is 0 Å². The first-order valence-corrected chi connectivity index (χ1v) is 11.5. The third kappa shape index (κ3) is 4.76. The molecule has 2 aromatic carbocycles. The predicted octanol–water partition coefficient (Wildman–Crippen LogP) is 3.91. The molecule has 3 rings (SSSR count). The number of carbonyl (C=O) groups excluding carboxylic acids is 1. The molecule has 1 N–H and O–H groups in total. The standard InChI is InChI=1S/C22H28N2O5S/c1-4-18-7-5-6-12-24(18)30(26,27)21-10-8-17(9-11-21)23-22(25)16-13-19(28-2)15-20(14-16)29-3/h8-11,13-15,18H,4-7,12H2,1-3H3,(H,23,25)/t18-/m1/s1. The molecule has 0 unspecified atom stereocenters. The molecule has 7 nitrogen and oxygen atoms in total. The zero-order chi connectivity index (χ0) is 21.7. The molecule has 1 aliphatic heterocycles. The van der Waals surface area contributed by atoms with Crippen LogP contribution in [0.1, 0.15) is 43.0 Å². The van der Waals surface area contributed by atoms with Gasteiger partial charge in [-0.25, -0.2) is 8.42 Å². The molecule has 1 amide bonds. The summed E-state index contributed by atoms with van der Waals surface area (Å²) in [6, 6.07) is 11.2. The van der Waals surface area contributed by atoms with E-state index in [9.17, 15) is 13.2 Å². The number of anilines is 1. The number of benzene rings is 2. The van der Waals surface area contributed by atoms with Gasteiger partial charge in [0.05, 0.1) is 19.1 Å². The van der Waals surface area contributed by atoms with Crippen molar-refractivity contribution in [1.29, 1.82) is 0 Å². The van der Waals surface area contributed by atoms with Gasteiger partial charge in [0.2, 0.25) is 10.0 Å². The van der Waals surface area contributed by atoms with Crippen LogP contribution in [0.4, 0.5) is 5.69 Å². The van der Waals surface area contributed by atoms with Crippen LogP contribution in [0, 0.1) is 0 Å². The van der Waals surface area contributed by atoms with Crippen molar-refractivity contribution in [2.24, 2.45) is 0 Å². The van der Waals surface area contributed by atoms with Crippen molar-refractivity contribution < 1.29 is 22.7 Å². The lowest BCUT2D eigenvalue weighted by Crippen LogP contribution is -2.43. The molecule has 0 bridgehead atoms. The second-order valence-electron chi connectivity index (χ2n) is 7.25. The van der Waals surface area contributed by atoms with Crippen molar-refractivity contribution in [2.45, 2.75) is 43.5 Å². The summed E-state index contributed by atoms with van der Waals surface area (Å²) in [6.45, 7) is 2.57. The van der Waals surface area contributed by atoms with E-state index >= 15 is 0 Å². The number of ether oxygens (including phenoxy) is 2. The Labute approximate surface area is 178 Å². The van der Waals surface area contributed by atoms with E-state index in [-0.39, 0.29) is 16.8 Å². The smallest absolute Gasteiger partial charge is 0.255 e. The SMILES string of the molecule is CC[C@@H]1CCCCN1S(=O)(=O)c1ccc(NC(=O)c2cc(OC)cc(OC)c2)cc1. The lowest BCUT2D eigenvalue weighted by molar-refractivity contribution is 0.102. The molecule has 30 heavy (non-hydrogen) atoms. The van der Waals surface area contributed by atoms with Crippen molar-refractivity contribution in [3.63, 3.8) is 0 Å². The lowest BCUT2D eigenvalue weighted by Gasteiger charge is -2.34. The monoisotopic (exact) mass is 432 g/mol. The Morgan fingerprint density at radius 3 is 2.27 bits per heavy atom. The summed E-state index contributed by atoms with van der Waals surface area (Å²) in [5, 5.41) is 2.78. The molecule has 0 radical (unpaired) electrons. The van der Waals surface area contributed by atoms with Crippen LogP contribution in [0.5, 0.6) is 11.5 Å². The van der Waals surface area contributed by atoms with E-state index in [1.807, 2.05) is 6.92 Å². The number of amides is 1. The molecule has 0 aromatic heterocycles. The van der Waals surface area contributed by atoms with Crippen molar-refractivity contribution in [3.8, 4) is 11.5 Å². The Morgan fingerprint density at radius 2 is 1.70 bits per heavy atom. The van der Waals surface area contributed by atoms with E-state index in [2.05, 4.69) is 5.32 Å². The number of hydrogen-bond acceptors (Lipinski definition) is 5. The number of hydrogen-bond donors (Lipinski definition) is 1. The van der Waals surface area contributed by atoms with E-state index in [1.165, 1.54) is 14.2 Å². The summed E-state index contributed by atoms with van der Waals surface area (Å²) in [7, 11) is -0.521. The Balaban J connectivity index is 1.77. The minimum absolute atomic E-state index is 0.0474. The van der Waals surface area contributed by atoms with E-state index in [0.717, 1.165) is 25.7 Å². The third-order valence-corrected chi connectivity index (χ3v) is 7.34. The van der Waals surface area contributed by atoms with Crippen molar-refractivity contribution in [3.05, 3.63) is 48.0 Å². The molecule has 0 aliphatic carbocycles. The van der Waals surface area contributed by atoms with Gasteiger partial charge < -0.3 is 14.8 Å². The summed E-state index contributed by atoms with van der Waals surface area (Å²) in [6.07, 6.45) is 3.64. The molecule has 2 aromatic rings. The number of piperidine rings is 1. The molecule has 8 heteroatoms. The quantitative estimate of drug-likeness (QED) is 0.717. The maximum Gasteiger partial charge on any atom is 0.255 e. The summed E-state index contributed by atoms with van der Waals surface area (Å²) in [4.78, 5) is 12.9. The zero-order valence-corrected chi connectivity index (χ0v) is 18.4. The van der Waals surface area contributed by atoms with Crippen LogP contribution in [-0.4, -0.2) is 45.4 Å². The Hall–Kier alpha value is -2.58. The van der Waals surface area contributed by atoms with Gasteiger partial charge in [-0.3, -0.25) is 4.79 Å². The zero-order valence-electron chi connectivity index (χ0n) is 17.6. The van der Waals surface area contributed by atoms with Crippen LogP contribution in [-0.2, 0) is 10.0 Å². The molecule has 1 aliphatic rings. The normalized spacial score (nSPS) is 17.4. The number of nitrogens with zero attached hydrogens (tertiary/aromatic N) is 1. The fourth-order valence-corrected chi connectivity index (χ4v) is 5.45. The highest BCUT2D eigenvalue weighted by Gasteiger charge is 2.32. The fourth-order valence-electron chi connectivity index (χ4n) is 3.69. The highest BCUT2D eigenvalue weighted by molar-refractivity contribution is 7.89. The van der Waals surface area contributed by atoms with Gasteiger partial charge in [0, 0.05) is 29.9 Å². The Morgan fingerprint density at radius 1 is 1.07 bits per heavy atom. The largest absolute Gasteiger partial charge is 0.497 e. The first-order chi connectivity index (χ1) is 14.4. The highest BCUT2D eigenvalue weighted by Crippen LogP contribution is 2.28. The van der Waals surface area contributed by atoms with Crippen LogP contribution in [0.25, 0.3) is 0 Å². The summed E-state index contributed by atoms with van der Waals surface area (Å²) in [5.41, 5.74) is 0.883. The summed E-state index contributed by atoms with van der Waals surface area (Å²) >= 11 is 0. The first-order valence-electron chi connectivity index (χ1n) is 10.1. The maximum absolute atomic E-state index is 13.1. The molecule has 1 saturated heterocycles. The van der Waals surface area contributed by atoms with Crippen molar-refractivity contribution in [1.82, 2.24) is 4.31 Å². The topological polar surface area (TPSA) is 84.9 Å². The number of rotatable bonds is 7. The number of methoxy groups -OCH3 is 2. The van der Waals surface area contributed by atoms with Gasteiger partial charge in [-0.1, -0.05) is 13.3 Å². The van der Waals surface area contributed by atoms with Gasteiger partial charge in [0.1, 0.15) is 11.5 Å². The van der Waals surface area contributed by atoms with E-state index < -0.39 is 10.0 Å². The van der Waals surface area contributed by atoms with Gasteiger partial charge in [0.25, 0.3) is 5.91 Å². The average molecular weight is 433 g/mol. The van der Waals surface area contributed by atoms with Crippen LogP contribution in [0.3, 0.4) is 0 Å². The Bertz CT molecular complexity index is 967. The second kappa shape index (κ2) is 9.49. The molecule has 0 spiro atoms. The molecule has 0 saturated carbocycles. The predicted molar refractivity (Wildman–Crippen MR) is 116 cm³/mol. The van der Waals surface area contributed by atoms with E-state index in [1.54, 1.807) is 46.8 Å². The fraction of sp³-hybridized carbons (Fsp3) is 0.409. The second-order valence-corrected chi connectivity index (χ2v) is 9.14. The van der Waals surface area contributed by atoms with Crippen LogP contribution in [0.15, 0.2) is 47.4 Å². The minimum atomic E-state index is -3.55. The third-order valence-electron chi connectivity index (χ3n) is 5.38. The Kier molecular flexibility index (Phi) is 6.99. The molecule has 162 valence electrons. The van der Waals surface area contributed by atoms with Crippen LogP contribution >= 0.6 is 0 Å². The van der Waals surface area contributed by atoms with Gasteiger partial charge in [-0.2, -0.15) is 4.31 Å². The van der Waals surface area contributed by atoms with Crippen molar-refractivity contribution in [2.75, 3.05) is 26.1 Å². The van der Waals surface area contributed by atoms with Crippen LogP contribution in [0.2, 0.25) is 0 Å². The minimum Gasteiger partial charge on any atom is -0.497 e.